The number of hydrogen-bond donors (Lipinski definition) is 2. The van der Waals surface area contributed by atoms with Crippen molar-refractivity contribution in [2.24, 2.45) is 5.73 Å². The molecule has 3 N–H and O–H groups in total. The average molecular weight is 272 g/mol. The fraction of sp³-hybridized carbons (Fsp3) is 0.417. The van der Waals surface area contributed by atoms with Crippen LogP contribution in [0.3, 0.4) is 0 Å². The van der Waals surface area contributed by atoms with Gasteiger partial charge in [0.05, 0.1) is 5.56 Å². The molecule has 0 bridgehead atoms. The first-order chi connectivity index (χ1) is 8.16. The molecule has 94 valence electrons. The highest BCUT2D eigenvalue weighted by Gasteiger charge is 2.10. The van der Waals surface area contributed by atoms with Crippen LogP contribution in [0.5, 0.6) is 0 Å². The van der Waals surface area contributed by atoms with Gasteiger partial charge in [-0.05, 0) is 30.1 Å². The van der Waals surface area contributed by atoms with Gasteiger partial charge >= 0.3 is 0 Å². The molecule has 0 saturated carbocycles. The molecule has 1 rings (SSSR count). The summed E-state index contributed by atoms with van der Waals surface area (Å²) in [6.07, 6.45) is 1.03. The average Bonchev–Trinajstić information content (AvgIpc) is 2.28. The van der Waals surface area contributed by atoms with Crippen LogP contribution in [0.2, 0.25) is 0 Å². The van der Waals surface area contributed by atoms with E-state index in [1.807, 2.05) is 11.8 Å². The zero-order valence-electron chi connectivity index (χ0n) is 9.83. The van der Waals surface area contributed by atoms with Gasteiger partial charge in [0.2, 0.25) is 0 Å². The van der Waals surface area contributed by atoms with E-state index in [0.29, 0.717) is 11.3 Å². The van der Waals surface area contributed by atoms with Crippen LogP contribution in [0, 0.1) is 5.82 Å². The number of thiocarbonyl (C=S) groups is 1. The molecule has 0 heterocycles. The molecule has 0 amide bonds. The molecule has 17 heavy (non-hydrogen) atoms. The monoisotopic (exact) mass is 272 g/mol. The van der Waals surface area contributed by atoms with Crippen molar-refractivity contribution in [2.45, 2.75) is 13.3 Å². The molecule has 0 aliphatic carbocycles. The van der Waals surface area contributed by atoms with Crippen LogP contribution < -0.4 is 11.1 Å². The number of anilines is 1. The van der Waals surface area contributed by atoms with E-state index in [2.05, 4.69) is 12.2 Å². The van der Waals surface area contributed by atoms with E-state index in [9.17, 15) is 4.39 Å². The van der Waals surface area contributed by atoms with Gasteiger partial charge in [0.15, 0.2) is 0 Å². The van der Waals surface area contributed by atoms with Crippen molar-refractivity contribution < 1.29 is 4.39 Å². The summed E-state index contributed by atoms with van der Waals surface area (Å²) < 4.78 is 13.5. The summed E-state index contributed by atoms with van der Waals surface area (Å²) in [6, 6.07) is 4.82. The summed E-state index contributed by atoms with van der Waals surface area (Å²) in [5.41, 5.74) is 6.51. The van der Waals surface area contributed by atoms with Crippen LogP contribution in [0.15, 0.2) is 18.2 Å². The maximum absolute atomic E-state index is 13.5. The third-order valence-electron chi connectivity index (χ3n) is 2.25. The molecule has 0 saturated heterocycles. The molecule has 0 aromatic heterocycles. The second kappa shape index (κ2) is 7.50. The highest BCUT2D eigenvalue weighted by Crippen LogP contribution is 2.18. The van der Waals surface area contributed by atoms with Crippen molar-refractivity contribution in [3.63, 3.8) is 0 Å². The molecule has 2 nitrogen and oxygen atoms in total. The van der Waals surface area contributed by atoms with Crippen LogP contribution >= 0.6 is 24.0 Å². The van der Waals surface area contributed by atoms with Gasteiger partial charge in [0.25, 0.3) is 0 Å². The Morgan fingerprint density at radius 2 is 2.29 bits per heavy atom. The van der Waals surface area contributed by atoms with Crippen molar-refractivity contribution in [2.75, 3.05) is 23.4 Å². The topological polar surface area (TPSA) is 38.0 Å². The molecule has 1 aromatic carbocycles. The van der Waals surface area contributed by atoms with Crippen LogP contribution in [0.25, 0.3) is 0 Å². The summed E-state index contributed by atoms with van der Waals surface area (Å²) in [5.74, 6) is 1.85. The maximum Gasteiger partial charge on any atom is 0.135 e. The number of rotatable bonds is 7. The fourth-order valence-corrected chi connectivity index (χ4v) is 2.31. The summed E-state index contributed by atoms with van der Waals surface area (Å²) >= 11 is 6.74. The van der Waals surface area contributed by atoms with E-state index in [1.165, 1.54) is 6.07 Å². The zero-order valence-corrected chi connectivity index (χ0v) is 11.5. The van der Waals surface area contributed by atoms with E-state index >= 15 is 0 Å². The molecule has 0 spiro atoms. The smallest absolute Gasteiger partial charge is 0.135 e. The molecule has 5 heteroatoms. The summed E-state index contributed by atoms with van der Waals surface area (Å²) in [6.45, 7) is 2.93. The van der Waals surface area contributed by atoms with E-state index in [1.54, 1.807) is 12.1 Å². The second-order valence-corrected chi connectivity index (χ2v) is 5.34. The summed E-state index contributed by atoms with van der Waals surface area (Å²) in [4.78, 5) is 0.0912. The Balaban J connectivity index is 2.58. The van der Waals surface area contributed by atoms with Gasteiger partial charge in [0, 0.05) is 12.2 Å². The van der Waals surface area contributed by atoms with Gasteiger partial charge in [-0.1, -0.05) is 25.2 Å². The number of nitrogens with one attached hydrogen (secondary N) is 1. The van der Waals surface area contributed by atoms with Crippen molar-refractivity contribution in [1.29, 1.82) is 0 Å². The predicted molar refractivity (Wildman–Crippen MR) is 78.4 cm³/mol. The molecule has 0 fully saturated rings. The first-order valence-electron chi connectivity index (χ1n) is 5.56. The molecule has 0 radical (unpaired) electrons. The first-order valence-corrected chi connectivity index (χ1v) is 7.13. The van der Waals surface area contributed by atoms with Crippen molar-refractivity contribution in [1.82, 2.24) is 0 Å². The minimum absolute atomic E-state index is 0.0912. The van der Waals surface area contributed by atoms with Crippen LogP contribution in [-0.4, -0.2) is 23.0 Å². The number of thioether (sulfide) groups is 1. The third-order valence-corrected chi connectivity index (χ3v) is 3.43. The minimum Gasteiger partial charge on any atom is -0.389 e. The second-order valence-electron chi connectivity index (χ2n) is 3.50. The summed E-state index contributed by atoms with van der Waals surface area (Å²) in [5, 5.41) is 3.17. The van der Waals surface area contributed by atoms with E-state index in [4.69, 9.17) is 18.0 Å². The minimum atomic E-state index is -0.370. The molecule has 0 atom stereocenters. The number of nitrogens with two attached hydrogens (primary N) is 1. The van der Waals surface area contributed by atoms with Gasteiger partial charge in [-0.15, -0.1) is 0 Å². The SMILES string of the molecule is CCSCCCNc1cccc(F)c1C(N)=S. The quantitative estimate of drug-likeness (QED) is 0.591. The van der Waals surface area contributed by atoms with Gasteiger partial charge < -0.3 is 11.1 Å². The van der Waals surface area contributed by atoms with Gasteiger partial charge in [0.1, 0.15) is 10.8 Å². The Hall–Kier alpha value is -0.810. The first kappa shape index (κ1) is 14.3. The molecular weight excluding hydrogens is 255 g/mol. The fourth-order valence-electron chi connectivity index (χ4n) is 1.46. The Bertz CT molecular complexity index is 383. The Labute approximate surface area is 111 Å². The molecule has 0 aliphatic heterocycles. The number of halogens is 1. The third kappa shape index (κ3) is 4.52. The van der Waals surface area contributed by atoms with E-state index in [0.717, 1.165) is 24.5 Å². The lowest BCUT2D eigenvalue weighted by Gasteiger charge is -2.11. The highest BCUT2D eigenvalue weighted by molar-refractivity contribution is 7.99. The largest absolute Gasteiger partial charge is 0.389 e. The summed E-state index contributed by atoms with van der Waals surface area (Å²) in [7, 11) is 0. The van der Waals surface area contributed by atoms with Gasteiger partial charge in [-0.25, -0.2) is 4.39 Å². The lowest BCUT2D eigenvalue weighted by Crippen LogP contribution is -2.16. The van der Waals surface area contributed by atoms with Crippen LogP contribution in [0.4, 0.5) is 10.1 Å². The zero-order chi connectivity index (χ0) is 12.7. The highest BCUT2D eigenvalue weighted by atomic mass is 32.2. The molecular formula is C12H17FN2S2. The van der Waals surface area contributed by atoms with Crippen LogP contribution in [0.1, 0.15) is 18.9 Å². The lowest BCUT2D eigenvalue weighted by atomic mass is 10.1. The van der Waals surface area contributed by atoms with Crippen molar-refractivity contribution in [3.8, 4) is 0 Å². The maximum atomic E-state index is 13.5. The molecule has 0 aliphatic rings. The molecule has 0 unspecified atom stereocenters. The van der Waals surface area contributed by atoms with Crippen molar-refractivity contribution >= 4 is 34.7 Å². The number of hydrogen-bond acceptors (Lipinski definition) is 3. The van der Waals surface area contributed by atoms with E-state index in [-0.39, 0.29) is 10.8 Å². The van der Waals surface area contributed by atoms with Crippen molar-refractivity contribution in [3.05, 3.63) is 29.6 Å². The van der Waals surface area contributed by atoms with E-state index < -0.39 is 0 Å². The van der Waals surface area contributed by atoms with Gasteiger partial charge in [-0.2, -0.15) is 11.8 Å². The Morgan fingerprint density at radius 3 is 2.94 bits per heavy atom. The standard InChI is InChI=1S/C12H17FN2S2/c1-2-17-8-4-7-15-10-6-3-5-9(13)11(10)12(14)16/h3,5-6,15H,2,4,7-8H2,1H3,(H2,14,16). The van der Waals surface area contributed by atoms with Crippen LogP contribution in [-0.2, 0) is 0 Å². The Kier molecular flexibility index (Phi) is 6.29. The normalized spacial score (nSPS) is 10.2. The molecule has 1 aromatic rings. The lowest BCUT2D eigenvalue weighted by molar-refractivity contribution is 0.626. The van der Waals surface area contributed by atoms with Gasteiger partial charge in [-0.3, -0.25) is 0 Å². The number of benzene rings is 1. The predicted octanol–water partition coefficient (Wildman–Crippen LogP) is 3.02. The Morgan fingerprint density at radius 1 is 1.53 bits per heavy atom.